The van der Waals surface area contributed by atoms with Crippen LogP contribution in [0.1, 0.15) is 66.7 Å². The van der Waals surface area contributed by atoms with Crippen molar-refractivity contribution >= 4 is 0 Å². The summed E-state index contributed by atoms with van der Waals surface area (Å²) in [5, 5.41) is 0. The molecule has 1 heterocycles. The Balaban J connectivity index is 0.000000209. The van der Waals surface area contributed by atoms with Gasteiger partial charge in [0.1, 0.15) is 0 Å². The van der Waals surface area contributed by atoms with Gasteiger partial charge in [-0.1, -0.05) is 47.5 Å². The van der Waals surface area contributed by atoms with Gasteiger partial charge < -0.3 is 4.90 Å². The zero-order valence-corrected chi connectivity index (χ0v) is 12.8. The second-order valence-electron chi connectivity index (χ2n) is 6.68. The molecule has 102 valence electrons. The van der Waals surface area contributed by atoms with Crippen molar-refractivity contribution in [1.82, 2.24) is 4.90 Å². The lowest BCUT2D eigenvalue weighted by Crippen LogP contribution is -2.21. The highest BCUT2D eigenvalue weighted by atomic mass is 15.2. The van der Waals surface area contributed by atoms with E-state index >= 15 is 0 Å². The Morgan fingerprint density at radius 3 is 2.12 bits per heavy atom. The van der Waals surface area contributed by atoms with Gasteiger partial charge in [-0.05, 0) is 43.1 Å². The molecule has 1 atom stereocenters. The van der Waals surface area contributed by atoms with Crippen molar-refractivity contribution in [3.8, 4) is 0 Å². The molecule has 2 rings (SSSR count). The minimum atomic E-state index is 0.801. The summed E-state index contributed by atoms with van der Waals surface area (Å²) >= 11 is 0. The molecule has 1 spiro atoms. The van der Waals surface area contributed by atoms with Crippen molar-refractivity contribution in [3.63, 3.8) is 0 Å². The summed E-state index contributed by atoms with van der Waals surface area (Å²) in [5.74, 6) is 1.88. The van der Waals surface area contributed by atoms with Crippen molar-refractivity contribution in [2.75, 3.05) is 19.6 Å². The number of nitrogens with zero attached hydrogens (tertiary/aromatic N) is 1. The van der Waals surface area contributed by atoms with Crippen molar-refractivity contribution < 1.29 is 0 Å². The highest BCUT2D eigenvalue weighted by Crippen LogP contribution is 2.55. The van der Waals surface area contributed by atoms with Crippen LogP contribution >= 0.6 is 0 Å². The molecule has 0 N–H and O–H groups in total. The minimum Gasteiger partial charge on any atom is -0.302 e. The lowest BCUT2D eigenvalue weighted by Gasteiger charge is -2.13. The van der Waals surface area contributed by atoms with Crippen molar-refractivity contribution in [3.05, 3.63) is 0 Å². The minimum absolute atomic E-state index is 0.801. The van der Waals surface area contributed by atoms with Crippen LogP contribution in [-0.2, 0) is 0 Å². The third-order valence-corrected chi connectivity index (χ3v) is 4.41. The van der Waals surface area contributed by atoms with Crippen LogP contribution in [0.5, 0.6) is 0 Å². The van der Waals surface area contributed by atoms with Gasteiger partial charge in [-0.25, -0.2) is 0 Å². The van der Waals surface area contributed by atoms with Crippen LogP contribution in [0.4, 0.5) is 0 Å². The highest BCUT2D eigenvalue weighted by molar-refractivity contribution is 5.04. The zero-order chi connectivity index (χ0) is 12.9. The molecule has 2 fully saturated rings. The molecule has 1 nitrogen and oxygen atoms in total. The lowest BCUT2D eigenvalue weighted by molar-refractivity contribution is 0.320. The Morgan fingerprint density at radius 2 is 1.82 bits per heavy atom. The largest absolute Gasteiger partial charge is 0.302 e. The van der Waals surface area contributed by atoms with Gasteiger partial charge in [-0.15, -0.1) is 0 Å². The lowest BCUT2D eigenvalue weighted by atomic mass is 9.95. The van der Waals surface area contributed by atoms with E-state index in [2.05, 4.69) is 39.5 Å². The van der Waals surface area contributed by atoms with E-state index in [-0.39, 0.29) is 0 Å². The molecule has 0 aromatic rings. The van der Waals surface area contributed by atoms with Crippen molar-refractivity contribution in [1.29, 1.82) is 0 Å². The maximum atomic E-state index is 2.65. The van der Waals surface area contributed by atoms with Gasteiger partial charge in [0.2, 0.25) is 0 Å². The summed E-state index contributed by atoms with van der Waals surface area (Å²) in [6.07, 6.45) is 7.04. The number of hydrogen-bond donors (Lipinski definition) is 0. The molecule has 1 saturated carbocycles. The predicted molar refractivity (Wildman–Crippen MR) is 77.3 cm³/mol. The molecule has 0 radical (unpaired) electrons. The quantitative estimate of drug-likeness (QED) is 0.694. The molecule has 0 bridgehead atoms. The Labute approximate surface area is 109 Å². The molecule has 0 aromatic heterocycles. The summed E-state index contributed by atoms with van der Waals surface area (Å²) in [6, 6.07) is 0. The van der Waals surface area contributed by atoms with E-state index in [0.29, 0.717) is 0 Å². The maximum Gasteiger partial charge on any atom is 0.00411 e. The monoisotopic (exact) mass is 239 g/mol. The number of rotatable bonds is 4. The fourth-order valence-electron chi connectivity index (χ4n) is 3.12. The number of likely N-dealkylation sites (tertiary alicyclic amines) is 1. The molecule has 0 aromatic carbocycles. The molecular formula is C16H33N. The Kier molecular flexibility index (Phi) is 5.99. The maximum absolute atomic E-state index is 2.65. The first-order chi connectivity index (χ1) is 8.04. The first-order valence-electron chi connectivity index (χ1n) is 7.76. The fourth-order valence-corrected chi connectivity index (χ4v) is 3.12. The third-order valence-electron chi connectivity index (χ3n) is 4.41. The molecule has 1 saturated heterocycles. The van der Waals surface area contributed by atoms with Gasteiger partial charge in [0.15, 0.2) is 0 Å². The first kappa shape index (κ1) is 15.0. The topological polar surface area (TPSA) is 3.24 Å². The van der Waals surface area contributed by atoms with Gasteiger partial charge in [-0.3, -0.25) is 0 Å². The van der Waals surface area contributed by atoms with E-state index in [1.165, 1.54) is 51.7 Å². The molecule has 1 aliphatic heterocycles. The van der Waals surface area contributed by atoms with Crippen molar-refractivity contribution in [2.45, 2.75) is 66.7 Å². The van der Waals surface area contributed by atoms with Crippen LogP contribution in [0, 0.1) is 17.3 Å². The highest BCUT2D eigenvalue weighted by Gasteiger charge is 2.52. The summed E-state index contributed by atoms with van der Waals surface area (Å²) < 4.78 is 0. The smallest absolute Gasteiger partial charge is 0.00411 e. The van der Waals surface area contributed by atoms with Gasteiger partial charge in [0.25, 0.3) is 0 Å². The predicted octanol–water partition coefficient (Wildman–Crippen LogP) is 4.57. The summed E-state index contributed by atoms with van der Waals surface area (Å²) in [7, 11) is 0. The zero-order valence-electron chi connectivity index (χ0n) is 12.8. The van der Waals surface area contributed by atoms with Gasteiger partial charge in [0.05, 0.1) is 0 Å². The van der Waals surface area contributed by atoms with Crippen LogP contribution in [0.25, 0.3) is 0 Å². The molecular weight excluding hydrogens is 206 g/mol. The molecule has 17 heavy (non-hydrogen) atoms. The summed E-state index contributed by atoms with van der Waals surface area (Å²) in [4.78, 5) is 2.65. The van der Waals surface area contributed by atoms with Crippen LogP contribution in [0.2, 0.25) is 0 Å². The van der Waals surface area contributed by atoms with Crippen LogP contribution in [0.3, 0.4) is 0 Å². The SMILES string of the molecule is CCCC(C)C.CCCN1CC(C)C2(CC2)C1. The van der Waals surface area contributed by atoms with E-state index in [0.717, 1.165) is 17.3 Å². The van der Waals surface area contributed by atoms with E-state index in [9.17, 15) is 0 Å². The van der Waals surface area contributed by atoms with E-state index < -0.39 is 0 Å². The first-order valence-corrected chi connectivity index (χ1v) is 7.76. The fraction of sp³-hybridized carbons (Fsp3) is 1.00. The number of hydrogen-bond acceptors (Lipinski definition) is 1. The molecule has 2 aliphatic rings. The van der Waals surface area contributed by atoms with Gasteiger partial charge in [-0.2, -0.15) is 0 Å². The van der Waals surface area contributed by atoms with Crippen molar-refractivity contribution in [2.24, 2.45) is 17.3 Å². The van der Waals surface area contributed by atoms with Crippen LogP contribution < -0.4 is 0 Å². The standard InChI is InChI=1S/C10H19N.C6H14/c1-3-6-11-7-9(2)10(8-11)4-5-10;1-4-5-6(2)3/h9H,3-8H2,1-2H3;6H,4-5H2,1-3H3. The molecule has 1 unspecified atom stereocenters. The van der Waals surface area contributed by atoms with Gasteiger partial charge >= 0.3 is 0 Å². The Morgan fingerprint density at radius 1 is 1.18 bits per heavy atom. The summed E-state index contributed by atoms with van der Waals surface area (Å²) in [5.41, 5.74) is 0.801. The third kappa shape index (κ3) is 4.62. The average Bonchev–Trinajstić information content (AvgIpc) is 2.93. The second kappa shape index (κ2) is 6.78. The Bertz CT molecular complexity index is 206. The van der Waals surface area contributed by atoms with Crippen LogP contribution in [-0.4, -0.2) is 24.5 Å². The Hall–Kier alpha value is -0.0400. The molecule has 1 aliphatic carbocycles. The average molecular weight is 239 g/mol. The summed E-state index contributed by atoms with van der Waals surface area (Å²) in [6.45, 7) is 15.5. The van der Waals surface area contributed by atoms with Crippen LogP contribution in [0.15, 0.2) is 0 Å². The normalized spacial score (nSPS) is 26.1. The van der Waals surface area contributed by atoms with E-state index in [4.69, 9.17) is 0 Å². The second-order valence-corrected chi connectivity index (χ2v) is 6.68. The van der Waals surface area contributed by atoms with Gasteiger partial charge in [0, 0.05) is 13.1 Å². The van der Waals surface area contributed by atoms with E-state index in [1.807, 2.05) is 0 Å². The molecule has 1 heteroatoms. The van der Waals surface area contributed by atoms with E-state index in [1.54, 1.807) is 0 Å². The molecule has 0 amide bonds.